The summed E-state index contributed by atoms with van der Waals surface area (Å²) in [6.45, 7) is 6.00. The van der Waals surface area contributed by atoms with Gasteiger partial charge in [-0.05, 0) is 26.8 Å². The molecule has 1 heterocycles. The van der Waals surface area contributed by atoms with Gasteiger partial charge in [0.25, 0.3) is 0 Å². The van der Waals surface area contributed by atoms with E-state index in [9.17, 15) is 9.50 Å². The Morgan fingerprint density at radius 2 is 1.95 bits per heavy atom. The Hall–Kier alpha value is -1.85. The molecule has 0 spiro atoms. The highest BCUT2D eigenvalue weighted by molar-refractivity contribution is 5.21. The molecule has 21 heavy (non-hydrogen) atoms. The number of halogens is 1. The first-order chi connectivity index (χ1) is 9.99. The highest BCUT2D eigenvalue weighted by Gasteiger charge is 2.15. The van der Waals surface area contributed by atoms with Gasteiger partial charge in [-0.3, -0.25) is 0 Å². The third-order valence-corrected chi connectivity index (χ3v) is 3.49. The molecule has 5 heteroatoms. The Balaban J connectivity index is 2.01. The van der Waals surface area contributed by atoms with Crippen molar-refractivity contribution in [1.29, 1.82) is 0 Å². The van der Waals surface area contributed by atoms with E-state index >= 15 is 0 Å². The van der Waals surface area contributed by atoms with E-state index in [4.69, 9.17) is 0 Å². The second kappa shape index (κ2) is 6.74. The minimum atomic E-state index is -0.889. The molecule has 0 saturated carbocycles. The Morgan fingerprint density at radius 3 is 2.62 bits per heavy atom. The molecular weight excluding hydrogens is 269 g/mol. The lowest BCUT2D eigenvalue weighted by molar-refractivity contribution is 0.166. The summed E-state index contributed by atoms with van der Waals surface area (Å²) in [7, 11) is 0. The van der Waals surface area contributed by atoms with Gasteiger partial charge >= 0.3 is 0 Å². The van der Waals surface area contributed by atoms with Gasteiger partial charge in [0, 0.05) is 35.6 Å². The van der Waals surface area contributed by atoms with Gasteiger partial charge in [-0.15, -0.1) is 0 Å². The Labute approximate surface area is 124 Å². The van der Waals surface area contributed by atoms with Crippen LogP contribution in [0.4, 0.5) is 4.39 Å². The summed E-state index contributed by atoms with van der Waals surface area (Å²) in [5.74, 6) is 0.337. The zero-order chi connectivity index (χ0) is 15.4. The molecule has 112 valence electrons. The minimum absolute atomic E-state index is 0.0213. The maximum absolute atomic E-state index is 13.6. The molecule has 0 aliphatic rings. The van der Waals surface area contributed by atoms with E-state index in [-0.39, 0.29) is 12.6 Å². The van der Waals surface area contributed by atoms with Crippen molar-refractivity contribution in [3.8, 4) is 0 Å². The molecule has 0 amide bonds. The molecule has 2 N–H and O–H groups in total. The third kappa shape index (κ3) is 3.83. The van der Waals surface area contributed by atoms with Crippen LogP contribution in [-0.4, -0.2) is 21.6 Å². The molecule has 0 radical (unpaired) electrons. The predicted molar refractivity (Wildman–Crippen MR) is 79.3 cm³/mol. The number of aryl methyl sites for hydroxylation is 2. The number of aliphatic hydroxyl groups is 1. The van der Waals surface area contributed by atoms with Crippen LogP contribution < -0.4 is 5.32 Å². The fraction of sp³-hybridized carbons (Fsp3) is 0.375. The molecule has 2 atom stereocenters. The Kier molecular flexibility index (Phi) is 4.98. The van der Waals surface area contributed by atoms with Crippen molar-refractivity contribution >= 4 is 0 Å². The average Bonchev–Trinajstić information content (AvgIpc) is 2.45. The van der Waals surface area contributed by atoms with Gasteiger partial charge in [0.15, 0.2) is 0 Å². The van der Waals surface area contributed by atoms with Crippen LogP contribution in [0.1, 0.15) is 41.7 Å². The Bertz CT molecular complexity index is 618. The van der Waals surface area contributed by atoms with Gasteiger partial charge in [-0.2, -0.15) is 0 Å². The number of aromatic nitrogens is 2. The summed E-state index contributed by atoms with van der Waals surface area (Å²) in [6, 6.07) is 6.23. The minimum Gasteiger partial charge on any atom is -0.387 e. The molecule has 1 aromatic carbocycles. The van der Waals surface area contributed by atoms with Gasteiger partial charge in [0.05, 0.1) is 6.10 Å². The van der Waals surface area contributed by atoms with Crippen molar-refractivity contribution in [1.82, 2.24) is 15.3 Å². The van der Waals surface area contributed by atoms with Crippen LogP contribution in [-0.2, 0) is 0 Å². The van der Waals surface area contributed by atoms with Crippen LogP contribution in [0.2, 0.25) is 0 Å². The number of hydrogen-bond acceptors (Lipinski definition) is 4. The monoisotopic (exact) mass is 289 g/mol. The maximum Gasteiger partial charge on any atom is 0.129 e. The second-order valence-corrected chi connectivity index (χ2v) is 5.13. The first-order valence-corrected chi connectivity index (χ1v) is 6.95. The first-order valence-electron chi connectivity index (χ1n) is 6.95. The van der Waals surface area contributed by atoms with E-state index in [2.05, 4.69) is 15.3 Å². The van der Waals surface area contributed by atoms with Crippen LogP contribution in [0.5, 0.6) is 0 Å². The fourth-order valence-corrected chi connectivity index (χ4v) is 2.27. The normalized spacial score (nSPS) is 14.0. The van der Waals surface area contributed by atoms with E-state index in [1.807, 2.05) is 20.8 Å². The second-order valence-electron chi connectivity index (χ2n) is 5.13. The first kappa shape index (κ1) is 15.5. The SMILES string of the molecule is Cc1ncc(C(C)NCC(O)c2ccccc2F)c(C)n1. The number of nitrogens with one attached hydrogen (secondary N) is 1. The maximum atomic E-state index is 13.6. The number of rotatable bonds is 5. The molecule has 2 unspecified atom stereocenters. The van der Waals surface area contributed by atoms with Crippen molar-refractivity contribution in [2.75, 3.05) is 6.54 Å². The predicted octanol–water partition coefficient (Wildman–Crippen LogP) is 2.62. The smallest absolute Gasteiger partial charge is 0.129 e. The molecule has 0 bridgehead atoms. The van der Waals surface area contributed by atoms with Gasteiger partial charge in [0.2, 0.25) is 0 Å². The van der Waals surface area contributed by atoms with Crippen LogP contribution in [0, 0.1) is 19.7 Å². The van der Waals surface area contributed by atoms with E-state index < -0.39 is 11.9 Å². The fourth-order valence-electron chi connectivity index (χ4n) is 2.27. The van der Waals surface area contributed by atoms with Crippen molar-refractivity contribution in [3.63, 3.8) is 0 Å². The van der Waals surface area contributed by atoms with Gasteiger partial charge in [0.1, 0.15) is 11.6 Å². The zero-order valence-corrected chi connectivity index (χ0v) is 12.5. The molecule has 2 aromatic rings. The molecule has 4 nitrogen and oxygen atoms in total. The van der Waals surface area contributed by atoms with E-state index in [0.717, 1.165) is 17.1 Å². The average molecular weight is 289 g/mol. The summed E-state index contributed by atoms with van der Waals surface area (Å²) in [6.07, 6.45) is 0.894. The highest BCUT2D eigenvalue weighted by atomic mass is 19.1. The summed E-state index contributed by atoms with van der Waals surface area (Å²) >= 11 is 0. The summed E-state index contributed by atoms with van der Waals surface area (Å²) in [4.78, 5) is 8.51. The molecular formula is C16H20FN3O. The topological polar surface area (TPSA) is 58.0 Å². The largest absolute Gasteiger partial charge is 0.387 e. The molecule has 2 rings (SSSR count). The van der Waals surface area contributed by atoms with Crippen LogP contribution >= 0.6 is 0 Å². The lowest BCUT2D eigenvalue weighted by atomic mass is 10.1. The van der Waals surface area contributed by atoms with Gasteiger partial charge in [-0.25, -0.2) is 14.4 Å². The molecule has 0 saturated heterocycles. The number of hydrogen-bond donors (Lipinski definition) is 2. The lowest BCUT2D eigenvalue weighted by Gasteiger charge is -2.19. The quantitative estimate of drug-likeness (QED) is 0.888. The van der Waals surface area contributed by atoms with Crippen LogP contribution in [0.25, 0.3) is 0 Å². The van der Waals surface area contributed by atoms with Crippen molar-refractivity contribution < 1.29 is 9.50 Å². The number of aliphatic hydroxyl groups excluding tert-OH is 1. The molecule has 0 aliphatic heterocycles. The summed E-state index contributed by atoms with van der Waals surface area (Å²) in [5, 5.41) is 13.3. The zero-order valence-electron chi connectivity index (χ0n) is 12.5. The lowest BCUT2D eigenvalue weighted by Crippen LogP contribution is -2.26. The Morgan fingerprint density at radius 1 is 1.24 bits per heavy atom. The molecule has 0 aliphatic carbocycles. The van der Waals surface area contributed by atoms with Gasteiger partial charge < -0.3 is 10.4 Å². The summed E-state index contributed by atoms with van der Waals surface area (Å²) < 4.78 is 13.6. The van der Waals surface area contributed by atoms with E-state index in [0.29, 0.717) is 5.56 Å². The van der Waals surface area contributed by atoms with Crippen LogP contribution in [0.3, 0.4) is 0 Å². The van der Waals surface area contributed by atoms with Crippen molar-refractivity contribution in [3.05, 3.63) is 58.9 Å². The third-order valence-electron chi connectivity index (χ3n) is 3.49. The van der Waals surface area contributed by atoms with E-state index in [1.54, 1.807) is 24.4 Å². The molecule has 1 aromatic heterocycles. The highest BCUT2D eigenvalue weighted by Crippen LogP contribution is 2.19. The van der Waals surface area contributed by atoms with Crippen molar-refractivity contribution in [2.24, 2.45) is 0 Å². The number of benzene rings is 1. The molecule has 0 fully saturated rings. The summed E-state index contributed by atoms with van der Waals surface area (Å²) in [5.41, 5.74) is 2.18. The standard InChI is InChI=1S/C16H20FN3O/c1-10(14-8-19-12(3)20-11(14)2)18-9-16(21)13-6-4-5-7-15(13)17/h4-8,10,16,18,21H,9H2,1-3H3. The van der Waals surface area contributed by atoms with E-state index in [1.165, 1.54) is 6.07 Å². The van der Waals surface area contributed by atoms with Crippen LogP contribution in [0.15, 0.2) is 30.5 Å². The number of nitrogens with zero attached hydrogens (tertiary/aromatic N) is 2. The van der Waals surface area contributed by atoms with Crippen molar-refractivity contribution in [2.45, 2.75) is 32.9 Å². The van der Waals surface area contributed by atoms with Gasteiger partial charge in [-0.1, -0.05) is 18.2 Å².